The number of ether oxygens (including phenoxy) is 1. The molecular weight excluding hydrogens is 270 g/mol. The molecule has 3 rings (SSSR count). The number of rotatable bonds is 5. The topological polar surface area (TPSA) is 35.2 Å². The molecule has 0 heterocycles. The fraction of sp³-hybridized carbons (Fsp3) is 0.294. The average Bonchev–Trinajstić information content (AvgIpc) is 3.24. The number of hydrogen-bond acceptors (Lipinski definition) is 2. The molecule has 106 valence electrons. The van der Waals surface area contributed by atoms with Crippen LogP contribution in [-0.4, -0.2) is 0 Å². The Bertz CT molecular complexity index is 540. The minimum Gasteiger partial charge on any atom is -0.457 e. The van der Waals surface area contributed by atoms with Crippen LogP contribution < -0.4 is 10.5 Å². The number of benzene rings is 2. The van der Waals surface area contributed by atoms with Gasteiger partial charge in [0.1, 0.15) is 11.5 Å². The maximum absolute atomic E-state index is 6.24. The normalized spacial score (nSPS) is 15.2. The van der Waals surface area contributed by atoms with Crippen molar-refractivity contribution in [2.45, 2.75) is 25.3 Å². The lowest BCUT2D eigenvalue weighted by molar-refractivity contribution is 0.480. The van der Waals surface area contributed by atoms with Gasteiger partial charge < -0.3 is 10.5 Å². The first-order valence-corrected chi connectivity index (χ1v) is 6.90. The van der Waals surface area contributed by atoms with Gasteiger partial charge in [0.2, 0.25) is 0 Å². The number of para-hydroxylation sites is 1. The predicted octanol–water partition coefficient (Wildman–Crippen LogP) is 4.70. The summed E-state index contributed by atoms with van der Waals surface area (Å²) in [6.07, 6.45) is 3.77. The molecule has 0 aromatic heterocycles. The third-order valence-corrected chi connectivity index (χ3v) is 3.55. The molecule has 1 atom stereocenters. The van der Waals surface area contributed by atoms with Gasteiger partial charge in [0.15, 0.2) is 0 Å². The summed E-state index contributed by atoms with van der Waals surface area (Å²) < 4.78 is 5.83. The molecule has 1 fully saturated rings. The summed E-state index contributed by atoms with van der Waals surface area (Å²) in [7, 11) is 0. The minimum absolute atomic E-state index is 0. The van der Waals surface area contributed by atoms with E-state index in [4.69, 9.17) is 10.5 Å². The Kier molecular flexibility index (Phi) is 5.05. The predicted molar refractivity (Wildman–Crippen MR) is 84.5 cm³/mol. The fourth-order valence-electron chi connectivity index (χ4n) is 2.28. The molecule has 0 spiro atoms. The fourth-order valence-corrected chi connectivity index (χ4v) is 2.28. The second-order valence-electron chi connectivity index (χ2n) is 5.27. The zero-order valence-electron chi connectivity index (χ0n) is 11.4. The molecule has 1 aliphatic rings. The standard InChI is InChI=1S/C17H19NO.ClH/c18-17(11-13-9-10-13)14-5-4-8-16(12-14)19-15-6-2-1-3-7-15;/h1-8,12-13,17H,9-11,18H2;1H/t17-;/m1./s1. The van der Waals surface area contributed by atoms with Gasteiger partial charge in [-0.05, 0) is 42.2 Å². The molecule has 0 amide bonds. The van der Waals surface area contributed by atoms with E-state index in [-0.39, 0.29) is 18.4 Å². The lowest BCUT2D eigenvalue weighted by Gasteiger charge is -2.13. The van der Waals surface area contributed by atoms with Crippen molar-refractivity contribution in [2.75, 3.05) is 0 Å². The van der Waals surface area contributed by atoms with Gasteiger partial charge in [-0.3, -0.25) is 0 Å². The Labute approximate surface area is 126 Å². The van der Waals surface area contributed by atoms with Gasteiger partial charge >= 0.3 is 0 Å². The van der Waals surface area contributed by atoms with E-state index in [0.29, 0.717) is 0 Å². The van der Waals surface area contributed by atoms with Gasteiger partial charge in [-0.25, -0.2) is 0 Å². The van der Waals surface area contributed by atoms with Crippen LogP contribution in [0.2, 0.25) is 0 Å². The van der Waals surface area contributed by atoms with Gasteiger partial charge in [0.05, 0.1) is 0 Å². The first-order chi connectivity index (χ1) is 9.31. The van der Waals surface area contributed by atoms with Crippen LogP contribution in [0.5, 0.6) is 11.5 Å². The van der Waals surface area contributed by atoms with Crippen molar-refractivity contribution in [1.29, 1.82) is 0 Å². The molecule has 0 unspecified atom stereocenters. The Balaban J connectivity index is 0.00000147. The van der Waals surface area contributed by atoms with Crippen LogP contribution >= 0.6 is 12.4 Å². The van der Waals surface area contributed by atoms with Crippen molar-refractivity contribution in [3.05, 3.63) is 60.2 Å². The molecule has 0 bridgehead atoms. The molecule has 2 N–H and O–H groups in total. The monoisotopic (exact) mass is 289 g/mol. The van der Waals surface area contributed by atoms with Crippen LogP contribution in [0.4, 0.5) is 0 Å². The molecule has 3 heteroatoms. The van der Waals surface area contributed by atoms with E-state index in [9.17, 15) is 0 Å². The van der Waals surface area contributed by atoms with Crippen LogP contribution in [0.3, 0.4) is 0 Å². The second-order valence-corrected chi connectivity index (χ2v) is 5.27. The summed E-state index contributed by atoms with van der Waals surface area (Å²) in [5.74, 6) is 2.55. The van der Waals surface area contributed by atoms with Crippen LogP contribution in [0, 0.1) is 5.92 Å². The highest BCUT2D eigenvalue weighted by Gasteiger charge is 2.24. The van der Waals surface area contributed by atoms with Crippen LogP contribution in [0.25, 0.3) is 0 Å². The largest absolute Gasteiger partial charge is 0.457 e. The highest BCUT2D eigenvalue weighted by molar-refractivity contribution is 5.85. The molecule has 0 aliphatic heterocycles. The highest BCUT2D eigenvalue weighted by atomic mass is 35.5. The number of halogens is 1. The zero-order chi connectivity index (χ0) is 13.1. The van der Waals surface area contributed by atoms with E-state index in [2.05, 4.69) is 12.1 Å². The van der Waals surface area contributed by atoms with E-state index < -0.39 is 0 Å². The van der Waals surface area contributed by atoms with Crippen molar-refractivity contribution < 1.29 is 4.74 Å². The van der Waals surface area contributed by atoms with E-state index in [1.165, 1.54) is 18.4 Å². The molecule has 0 saturated heterocycles. The van der Waals surface area contributed by atoms with Gasteiger partial charge in [0, 0.05) is 6.04 Å². The van der Waals surface area contributed by atoms with Gasteiger partial charge in [-0.15, -0.1) is 12.4 Å². The smallest absolute Gasteiger partial charge is 0.127 e. The number of nitrogens with two attached hydrogens (primary N) is 1. The van der Waals surface area contributed by atoms with Gasteiger partial charge in [0.25, 0.3) is 0 Å². The van der Waals surface area contributed by atoms with Crippen molar-refractivity contribution in [3.8, 4) is 11.5 Å². The SMILES string of the molecule is Cl.N[C@H](CC1CC1)c1cccc(Oc2ccccc2)c1. The minimum atomic E-state index is 0. The second kappa shape index (κ2) is 6.78. The molecule has 2 nitrogen and oxygen atoms in total. The zero-order valence-corrected chi connectivity index (χ0v) is 12.2. The third kappa shape index (κ3) is 3.99. The summed E-state index contributed by atoms with van der Waals surface area (Å²) in [6.45, 7) is 0. The molecule has 1 aliphatic carbocycles. The van der Waals surface area contributed by atoms with E-state index in [1.807, 2.05) is 42.5 Å². The van der Waals surface area contributed by atoms with Crippen molar-refractivity contribution >= 4 is 12.4 Å². The Hall–Kier alpha value is -1.51. The Morgan fingerprint density at radius 1 is 1.00 bits per heavy atom. The van der Waals surface area contributed by atoms with Crippen molar-refractivity contribution in [1.82, 2.24) is 0 Å². The molecular formula is C17H20ClNO. The van der Waals surface area contributed by atoms with Crippen molar-refractivity contribution in [3.63, 3.8) is 0 Å². The van der Waals surface area contributed by atoms with Gasteiger partial charge in [-0.2, -0.15) is 0 Å². The van der Waals surface area contributed by atoms with Gasteiger partial charge in [-0.1, -0.05) is 43.2 Å². The molecule has 2 aromatic rings. The van der Waals surface area contributed by atoms with E-state index in [1.54, 1.807) is 0 Å². The molecule has 20 heavy (non-hydrogen) atoms. The molecule has 0 radical (unpaired) electrons. The first-order valence-electron chi connectivity index (χ1n) is 6.90. The summed E-state index contributed by atoms with van der Waals surface area (Å²) in [5.41, 5.74) is 7.41. The third-order valence-electron chi connectivity index (χ3n) is 3.55. The first kappa shape index (κ1) is 14.9. The maximum atomic E-state index is 6.24. The number of hydrogen-bond donors (Lipinski definition) is 1. The summed E-state index contributed by atoms with van der Waals surface area (Å²) in [4.78, 5) is 0. The van der Waals surface area contributed by atoms with E-state index in [0.717, 1.165) is 23.8 Å². The lowest BCUT2D eigenvalue weighted by Crippen LogP contribution is -2.10. The summed E-state index contributed by atoms with van der Waals surface area (Å²) in [6, 6.07) is 18.1. The Morgan fingerprint density at radius 2 is 1.70 bits per heavy atom. The van der Waals surface area contributed by atoms with Crippen LogP contribution in [0.1, 0.15) is 30.9 Å². The average molecular weight is 290 g/mol. The quantitative estimate of drug-likeness (QED) is 0.866. The van der Waals surface area contributed by atoms with Crippen molar-refractivity contribution in [2.24, 2.45) is 11.7 Å². The lowest BCUT2D eigenvalue weighted by atomic mass is 10.0. The molecule has 2 aromatic carbocycles. The Morgan fingerprint density at radius 3 is 2.40 bits per heavy atom. The highest BCUT2D eigenvalue weighted by Crippen LogP contribution is 2.37. The van der Waals surface area contributed by atoms with Crippen LogP contribution in [-0.2, 0) is 0 Å². The maximum Gasteiger partial charge on any atom is 0.127 e. The summed E-state index contributed by atoms with van der Waals surface area (Å²) in [5, 5.41) is 0. The van der Waals surface area contributed by atoms with E-state index >= 15 is 0 Å². The summed E-state index contributed by atoms with van der Waals surface area (Å²) >= 11 is 0. The van der Waals surface area contributed by atoms with Crippen LogP contribution in [0.15, 0.2) is 54.6 Å². The molecule has 1 saturated carbocycles.